The Balaban J connectivity index is 1.54. The average Bonchev–Trinajstić information content (AvgIpc) is 3.10. The van der Waals surface area contributed by atoms with E-state index in [1.54, 1.807) is 0 Å². The lowest BCUT2D eigenvalue weighted by molar-refractivity contribution is -0.115. The Hall–Kier alpha value is -2.37. The van der Waals surface area contributed by atoms with E-state index >= 15 is 0 Å². The van der Waals surface area contributed by atoms with Gasteiger partial charge in [-0.2, -0.15) is 0 Å². The number of nitrogens with one attached hydrogen (secondary N) is 2. The molecule has 2 aromatic heterocycles. The lowest BCUT2D eigenvalue weighted by Gasteiger charge is -2.01. The molecule has 0 spiro atoms. The summed E-state index contributed by atoms with van der Waals surface area (Å²) in [5, 5.41) is 5.18. The Morgan fingerprint density at radius 3 is 3.00 bits per heavy atom. The normalized spacial score (nSPS) is 11.2. The predicted molar refractivity (Wildman–Crippen MR) is 95.3 cm³/mol. The van der Waals surface area contributed by atoms with Gasteiger partial charge in [0.15, 0.2) is 5.13 Å². The van der Waals surface area contributed by atoms with Crippen molar-refractivity contribution in [1.29, 1.82) is 0 Å². The van der Waals surface area contributed by atoms with Gasteiger partial charge in [0.2, 0.25) is 5.91 Å². The molecular weight excluding hydrogens is 330 g/mol. The molecule has 0 atom stereocenters. The highest BCUT2D eigenvalue weighted by atomic mass is 35.5. The first-order chi connectivity index (χ1) is 11.2. The first kappa shape index (κ1) is 14.2. The number of thiazole rings is 1. The summed E-state index contributed by atoms with van der Waals surface area (Å²) in [6.45, 7) is 0. The highest BCUT2D eigenvalue weighted by molar-refractivity contribution is 7.22. The number of carbonyl (C=O) groups excluding carboxylic acids is 1. The Bertz CT molecular complexity index is 988. The van der Waals surface area contributed by atoms with Crippen molar-refractivity contribution >= 4 is 55.1 Å². The van der Waals surface area contributed by atoms with Crippen LogP contribution in [0.3, 0.4) is 0 Å². The quantitative estimate of drug-likeness (QED) is 0.571. The molecule has 0 saturated carbocycles. The Morgan fingerprint density at radius 1 is 1.26 bits per heavy atom. The zero-order valence-corrected chi connectivity index (χ0v) is 13.5. The van der Waals surface area contributed by atoms with Crippen LogP contribution in [-0.4, -0.2) is 15.9 Å². The maximum atomic E-state index is 12.3. The van der Waals surface area contributed by atoms with Crippen LogP contribution in [0.4, 0.5) is 5.13 Å². The molecule has 6 heteroatoms. The molecule has 0 aliphatic rings. The van der Waals surface area contributed by atoms with Crippen molar-refractivity contribution in [2.24, 2.45) is 0 Å². The number of aromatic nitrogens is 2. The third-order valence-electron chi connectivity index (χ3n) is 3.62. The smallest absolute Gasteiger partial charge is 0.230 e. The summed E-state index contributed by atoms with van der Waals surface area (Å²) in [5.74, 6) is -0.0834. The number of H-pyrrole nitrogens is 1. The minimum Gasteiger partial charge on any atom is -0.361 e. The molecular formula is C17H12ClN3OS. The Morgan fingerprint density at radius 2 is 2.13 bits per heavy atom. The minimum absolute atomic E-state index is 0.0834. The van der Waals surface area contributed by atoms with Gasteiger partial charge in [0.1, 0.15) is 0 Å². The number of carbonyl (C=O) groups is 1. The van der Waals surface area contributed by atoms with E-state index in [1.165, 1.54) is 11.3 Å². The summed E-state index contributed by atoms with van der Waals surface area (Å²) in [5.41, 5.74) is 2.77. The van der Waals surface area contributed by atoms with E-state index < -0.39 is 0 Å². The van der Waals surface area contributed by atoms with Crippen LogP contribution in [0.5, 0.6) is 0 Å². The second-order valence-electron chi connectivity index (χ2n) is 5.22. The average molecular weight is 342 g/mol. The first-order valence-corrected chi connectivity index (χ1v) is 8.29. The van der Waals surface area contributed by atoms with Crippen LogP contribution >= 0.6 is 22.9 Å². The third-order valence-corrected chi connectivity index (χ3v) is 4.81. The topological polar surface area (TPSA) is 57.8 Å². The summed E-state index contributed by atoms with van der Waals surface area (Å²) in [4.78, 5) is 19.8. The zero-order valence-electron chi connectivity index (χ0n) is 12.0. The number of benzene rings is 2. The molecule has 2 N–H and O–H groups in total. The fourth-order valence-electron chi connectivity index (χ4n) is 2.57. The number of rotatable bonds is 3. The van der Waals surface area contributed by atoms with Crippen LogP contribution < -0.4 is 5.32 Å². The lowest BCUT2D eigenvalue weighted by Crippen LogP contribution is -2.13. The van der Waals surface area contributed by atoms with Gasteiger partial charge in [0, 0.05) is 22.1 Å². The van der Waals surface area contributed by atoms with Crippen molar-refractivity contribution in [1.82, 2.24) is 9.97 Å². The van der Waals surface area contributed by atoms with Crippen molar-refractivity contribution in [3.63, 3.8) is 0 Å². The fourth-order valence-corrected chi connectivity index (χ4v) is 3.62. The van der Waals surface area contributed by atoms with Gasteiger partial charge < -0.3 is 10.3 Å². The molecule has 2 aromatic carbocycles. The van der Waals surface area contributed by atoms with E-state index in [9.17, 15) is 4.79 Å². The second-order valence-corrected chi connectivity index (χ2v) is 6.68. The molecule has 23 heavy (non-hydrogen) atoms. The van der Waals surface area contributed by atoms with Crippen molar-refractivity contribution in [2.75, 3.05) is 5.32 Å². The van der Waals surface area contributed by atoms with Crippen molar-refractivity contribution < 1.29 is 4.79 Å². The van der Waals surface area contributed by atoms with Crippen molar-refractivity contribution in [3.8, 4) is 0 Å². The number of amides is 1. The molecule has 0 aliphatic carbocycles. The number of aromatic amines is 1. The highest BCUT2D eigenvalue weighted by Gasteiger charge is 2.11. The summed E-state index contributed by atoms with van der Waals surface area (Å²) >= 11 is 7.45. The molecule has 114 valence electrons. The van der Waals surface area contributed by atoms with Gasteiger partial charge in [-0.15, -0.1) is 0 Å². The summed E-state index contributed by atoms with van der Waals surface area (Å²) in [6, 6.07) is 13.4. The van der Waals surface area contributed by atoms with Crippen LogP contribution in [0.2, 0.25) is 5.02 Å². The van der Waals surface area contributed by atoms with Gasteiger partial charge in [-0.3, -0.25) is 4.79 Å². The number of hydrogen-bond acceptors (Lipinski definition) is 3. The van der Waals surface area contributed by atoms with Gasteiger partial charge in [0.05, 0.1) is 16.6 Å². The van der Waals surface area contributed by atoms with Gasteiger partial charge in [-0.25, -0.2) is 4.98 Å². The van der Waals surface area contributed by atoms with E-state index in [2.05, 4.69) is 15.3 Å². The zero-order chi connectivity index (χ0) is 15.8. The molecule has 0 unspecified atom stereocenters. The van der Waals surface area contributed by atoms with Gasteiger partial charge in [-0.1, -0.05) is 41.1 Å². The molecule has 0 radical (unpaired) electrons. The molecule has 2 heterocycles. The summed E-state index contributed by atoms with van der Waals surface area (Å²) in [6.07, 6.45) is 2.14. The monoisotopic (exact) mass is 341 g/mol. The van der Waals surface area contributed by atoms with E-state index in [4.69, 9.17) is 11.6 Å². The van der Waals surface area contributed by atoms with Gasteiger partial charge in [0.25, 0.3) is 0 Å². The fraction of sp³-hybridized carbons (Fsp3) is 0.0588. The number of para-hydroxylation sites is 1. The number of fused-ring (bicyclic) bond motifs is 2. The number of nitrogens with zero attached hydrogens (tertiary/aromatic N) is 1. The van der Waals surface area contributed by atoms with Crippen LogP contribution in [0.15, 0.2) is 48.7 Å². The van der Waals surface area contributed by atoms with Crippen molar-refractivity contribution in [3.05, 3.63) is 59.2 Å². The van der Waals surface area contributed by atoms with E-state index in [1.807, 2.05) is 48.7 Å². The Labute approximate surface area is 141 Å². The minimum atomic E-state index is -0.0834. The second kappa shape index (κ2) is 5.68. The molecule has 0 aliphatic heterocycles. The predicted octanol–water partition coefficient (Wildman–Crippen LogP) is 4.61. The molecule has 4 nitrogen and oxygen atoms in total. The molecule has 4 rings (SSSR count). The van der Waals surface area contributed by atoms with Crippen LogP contribution in [0, 0.1) is 0 Å². The maximum absolute atomic E-state index is 12.3. The lowest BCUT2D eigenvalue weighted by atomic mass is 10.1. The van der Waals surface area contributed by atoms with Gasteiger partial charge >= 0.3 is 0 Å². The molecule has 0 fully saturated rings. The maximum Gasteiger partial charge on any atom is 0.230 e. The standard InChI is InChI=1S/C17H12ClN3OS/c18-11-5-6-12-10(9-19-14(12)8-11)7-16(22)21-17-20-13-3-1-2-4-15(13)23-17/h1-6,8-9,19H,7H2,(H,20,21,22). The summed E-state index contributed by atoms with van der Waals surface area (Å²) in [7, 11) is 0. The van der Waals surface area contributed by atoms with Gasteiger partial charge in [-0.05, 0) is 29.8 Å². The molecule has 0 bridgehead atoms. The molecule has 0 saturated heterocycles. The SMILES string of the molecule is O=C(Cc1c[nH]c2cc(Cl)ccc12)Nc1nc2ccccc2s1. The van der Waals surface area contributed by atoms with Crippen LogP contribution in [-0.2, 0) is 11.2 Å². The number of halogens is 1. The number of hydrogen-bond donors (Lipinski definition) is 2. The molecule has 1 amide bonds. The van der Waals surface area contributed by atoms with Crippen molar-refractivity contribution in [2.45, 2.75) is 6.42 Å². The van der Waals surface area contributed by atoms with Crippen LogP contribution in [0.1, 0.15) is 5.56 Å². The van der Waals surface area contributed by atoms with E-state index in [0.29, 0.717) is 10.2 Å². The largest absolute Gasteiger partial charge is 0.361 e. The highest BCUT2D eigenvalue weighted by Crippen LogP contribution is 2.26. The van der Waals surface area contributed by atoms with Crippen LogP contribution in [0.25, 0.3) is 21.1 Å². The number of anilines is 1. The van der Waals surface area contributed by atoms with E-state index in [-0.39, 0.29) is 12.3 Å². The first-order valence-electron chi connectivity index (χ1n) is 7.10. The summed E-state index contributed by atoms with van der Waals surface area (Å²) < 4.78 is 1.06. The molecule has 4 aromatic rings. The third kappa shape index (κ3) is 2.81. The Kier molecular flexibility index (Phi) is 3.52. The van der Waals surface area contributed by atoms with E-state index in [0.717, 1.165) is 26.7 Å².